The van der Waals surface area contributed by atoms with Crippen molar-refractivity contribution < 1.29 is 39.4 Å². The van der Waals surface area contributed by atoms with Gasteiger partial charge in [-0.1, -0.05) is 6.08 Å². The normalized spacial score (nSPS) is 45.9. The summed E-state index contributed by atoms with van der Waals surface area (Å²) in [5.41, 5.74) is 0. The molecule has 2 rings (SSSR count). The van der Waals surface area contributed by atoms with Gasteiger partial charge in [-0.05, 0) is 18.9 Å². The van der Waals surface area contributed by atoms with Crippen LogP contribution in [0.15, 0.2) is 12.2 Å². The van der Waals surface area contributed by atoms with E-state index in [2.05, 4.69) is 0 Å². The molecule has 0 aromatic heterocycles. The van der Waals surface area contributed by atoms with Crippen molar-refractivity contribution >= 4 is 0 Å². The number of hydrogen-bond donors (Lipinski definition) is 4. The molecule has 2 heterocycles. The number of hydrogen-bond acceptors (Lipinski definition) is 8. The first-order valence-corrected chi connectivity index (χ1v) is 7.25. The van der Waals surface area contributed by atoms with Crippen LogP contribution in [0.5, 0.6) is 0 Å². The fraction of sp³-hybridized carbons (Fsp3) is 0.857. The molecule has 2 aliphatic rings. The lowest BCUT2D eigenvalue weighted by Crippen LogP contribution is -2.58. The van der Waals surface area contributed by atoms with Gasteiger partial charge in [0.25, 0.3) is 0 Å². The third kappa shape index (κ3) is 3.84. The molecule has 0 saturated carbocycles. The predicted molar refractivity (Wildman–Crippen MR) is 73.7 cm³/mol. The van der Waals surface area contributed by atoms with Crippen molar-refractivity contribution in [3.8, 4) is 0 Å². The average Bonchev–Trinajstić information content (AvgIpc) is 2.53. The van der Waals surface area contributed by atoms with Crippen molar-refractivity contribution in [1.82, 2.24) is 0 Å². The first-order valence-electron chi connectivity index (χ1n) is 7.25. The standard InChI is InChI=1S/C14H24O8/c1-19-10-6-3-7(15)8(21-10)4-5-9-11(16)12(17)13(18)14(20-2)22-9/h3,6-18H,4-5H2,1-2H3/t7-,8-,9+,10+,11-,12-,13-,14-/m1/s1. The van der Waals surface area contributed by atoms with Crippen LogP contribution >= 0.6 is 0 Å². The Labute approximate surface area is 128 Å². The largest absolute Gasteiger partial charge is 0.388 e. The van der Waals surface area contributed by atoms with Crippen molar-refractivity contribution in [2.24, 2.45) is 0 Å². The van der Waals surface area contributed by atoms with Gasteiger partial charge in [0, 0.05) is 14.2 Å². The van der Waals surface area contributed by atoms with Crippen LogP contribution in [0.3, 0.4) is 0 Å². The molecule has 0 aliphatic carbocycles. The third-order valence-corrected chi connectivity index (χ3v) is 4.02. The van der Waals surface area contributed by atoms with E-state index in [-0.39, 0.29) is 0 Å². The molecular formula is C14H24O8. The predicted octanol–water partition coefficient (Wildman–Crippen LogP) is -1.49. The zero-order valence-electron chi connectivity index (χ0n) is 12.6. The van der Waals surface area contributed by atoms with Gasteiger partial charge in [0.2, 0.25) is 0 Å². The number of rotatable bonds is 5. The van der Waals surface area contributed by atoms with Crippen molar-refractivity contribution in [2.45, 2.75) is 62.0 Å². The molecule has 0 radical (unpaired) electrons. The van der Waals surface area contributed by atoms with E-state index in [1.807, 2.05) is 0 Å². The molecule has 4 N–H and O–H groups in total. The van der Waals surface area contributed by atoms with Gasteiger partial charge in [-0.3, -0.25) is 0 Å². The highest BCUT2D eigenvalue weighted by atomic mass is 16.7. The lowest BCUT2D eigenvalue weighted by atomic mass is 9.93. The molecule has 22 heavy (non-hydrogen) atoms. The fourth-order valence-corrected chi connectivity index (χ4v) is 2.68. The van der Waals surface area contributed by atoms with Crippen molar-refractivity contribution in [3.05, 3.63) is 12.2 Å². The van der Waals surface area contributed by atoms with E-state index in [1.165, 1.54) is 14.2 Å². The lowest BCUT2D eigenvalue weighted by molar-refractivity contribution is -0.292. The summed E-state index contributed by atoms with van der Waals surface area (Å²) in [5.74, 6) is 0. The smallest absolute Gasteiger partial charge is 0.186 e. The quantitative estimate of drug-likeness (QED) is 0.453. The van der Waals surface area contributed by atoms with Gasteiger partial charge in [0.1, 0.15) is 18.3 Å². The van der Waals surface area contributed by atoms with Crippen LogP contribution in [-0.4, -0.2) is 83.8 Å². The molecule has 1 fully saturated rings. The summed E-state index contributed by atoms with van der Waals surface area (Å²) in [6.07, 6.45) is -3.54. The van der Waals surface area contributed by atoms with Crippen LogP contribution in [0.2, 0.25) is 0 Å². The first kappa shape index (κ1) is 17.8. The van der Waals surface area contributed by atoms with Crippen LogP contribution in [-0.2, 0) is 18.9 Å². The van der Waals surface area contributed by atoms with Crippen LogP contribution < -0.4 is 0 Å². The summed E-state index contributed by atoms with van der Waals surface area (Å²) in [6.45, 7) is 0. The Hall–Kier alpha value is -0.580. The molecule has 0 bridgehead atoms. The zero-order valence-corrected chi connectivity index (χ0v) is 12.6. The van der Waals surface area contributed by atoms with Crippen molar-refractivity contribution in [3.63, 3.8) is 0 Å². The van der Waals surface area contributed by atoms with E-state index in [1.54, 1.807) is 12.2 Å². The number of ether oxygens (including phenoxy) is 4. The molecule has 128 valence electrons. The average molecular weight is 320 g/mol. The SMILES string of the molecule is CO[C@@H]1C=C[C@@H](O)[C@@H](CC[C@@H]2O[C@@H](OC)[C@H](O)[C@H](O)[C@@H]2O)O1. The second-order valence-electron chi connectivity index (χ2n) is 5.48. The molecule has 0 amide bonds. The van der Waals surface area contributed by atoms with Gasteiger partial charge < -0.3 is 39.4 Å². The Morgan fingerprint density at radius 1 is 0.818 bits per heavy atom. The lowest BCUT2D eigenvalue weighted by Gasteiger charge is -2.40. The van der Waals surface area contributed by atoms with Crippen LogP contribution in [0.25, 0.3) is 0 Å². The van der Waals surface area contributed by atoms with E-state index in [9.17, 15) is 20.4 Å². The maximum absolute atomic E-state index is 9.98. The number of aliphatic hydroxyl groups excluding tert-OH is 4. The minimum absolute atomic E-state index is 0.316. The van der Waals surface area contributed by atoms with Crippen molar-refractivity contribution in [2.75, 3.05) is 14.2 Å². The van der Waals surface area contributed by atoms with Crippen LogP contribution in [0, 0.1) is 0 Å². The molecule has 1 saturated heterocycles. The van der Waals surface area contributed by atoms with Gasteiger partial charge in [-0.25, -0.2) is 0 Å². The van der Waals surface area contributed by atoms with E-state index >= 15 is 0 Å². The Morgan fingerprint density at radius 2 is 1.50 bits per heavy atom. The molecule has 8 heteroatoms. The first-order chi connectivity index (χ1) is 10.5. The maximum atomic E-state index is 9.98. The molecule has 0 unspecified atom stereocenters. The summed E-state index contributed by atoms with van der Waals surface area (Å²) in [6, 6.07) is 0. The molecule has 0 aromatic carbocycles. The summed E-state index contributed by atoms with van der Waals surface area (Å²) >= 11 is 0. The summed E-state index contributed by atoms with van der Waals surface area (Å²) in [7, 11) is 2.84. The van der Waals surface area contributed by atoms with Crippen LogP contribution in [0.1, 0.15) is 12.8 Å². The molecular weight excluding hydrogens is 296 g/mol. The third-order valence-electron chi connectivity index (χ3n) is 4.02. The second kappa shape index (κ2) is 7.80. The minimum atomic E-state index is -1.35. The zero-order chi connectivity index (χ0) is 16.3. The number of aliphatic hydroxyl groups is 4. The molecule has 8 nitrogen and oxygen atoms in total. The minimum Gasteiger partial charge on any atom is -0.388 e. The van der Waals surface area contributed by atoms with E-state index in [0.29, 0.717) is 12.8 Å². The van der Waals surface area contributed by atoms with Gasteiger partial charge in [-0.15, -0.1) is 0 Å². The number of methoxy groups -OCH3 is 2. The van der Waals surface area contributed by atoms with Crippen molar-refractivity contribution in [1.29, 1.82) is 0 Å². The van der Waals surface area contributed by atoms with E-state index in [0.717, 1.165) is 0 Å². The summed E-state index contributed by atoms with van der Waals surface area (Å²) in [5, 5.41) is 39.4. The monoisotopic (exact) mass is 320 g/mol. The van der Waals surface area contributed by atoms with Gasteiger partial charge in [0.15, 0.2) is 12.6 Å². The Kier molecular flexibility index (Phi) is 6.30. The highest BCUT2D eigenvalue weighted by Crippen LogP contribution is 2.27. The summed E-state index contributed by atoms with van der Waals surface area (Å²) < 4.78 is 21.0. The Bertz CT molecular complexity index is 374. The van der Waals surface area contributed by atoms with E-state index < -0.39 is 49.2 Å². The maximum Gasteiger partial charge on any atom is 0.186 e. The summed E-state index contributed by atoms with van der Waals surface area (Å²) in [4.78, 5) is 0. The van der Waals surface area contributed by atoms with Gasteiger partial charge in [-0.2, -0.15) is 0 Å². The highest BCUT2D eigenvalue weighted by Gasteiger charge is 2.44. The molecule has 0 aromatic rings. The molecule has 0 spiro atoms. The van der Waals surface area contributed by atoms with Gasteiger partial charge in [0.05, 0.1) is 18.3 Å². The van der Waals surface area contributed by atoms with Crippen LogP contribution in [0.4, 0.5) is 0 Å². The molecule has 8 atom stereocenters. The Morgan fingerprint density at radius 3 is 2.14 bits per heavy atom. The fourth-order valence-electron chi connectivity index (χ4n) is 2.68. The topological polar surface area (TPSA) is 118 Å². The van der Waals surface area contributed by atoms with E-state index in [4.69, 9.17) is 18.9 Å². The Balaban J connectivity index is 1.91. The molecule has 2 aliphatic heterocycles. The second-order valence-corrected chi connectivity index (χ2v) is 5.48. The highest BCUT2D eigenvalue weighted by molar-refractivity contribution is 5.00. The van der Waals surface area contributed by atoms with Gasteiger partial charge >= 0.3 is 0 Å².